The van der Waals surface area contributed by atoms with Gasteiger partial charge in [-0.25, -0.2) is 4.98 Å². The maximum absolute atomic E-state index is 11.2. The van der Waals surface area contributed by atoms with E-state index in [1.165, 1.54) is 0 Å². The molecule has 0 saturated heterocycles. The summed E-state index contributed by atoms with van der Waals surface area (Å²) in [7, 11) is 0. The van der Waals surface area contributed by atoms with Gasteiger partial charge in [-0.05, 0) is 29.3 Å². The van der Waals surface area contributed by atoms with E-state index in [0.29, 0.717) is 11.8 Å². The molecule has 0 fully saturated rings. The van der Waals surface area contributed by atoms with Crippen molar-refractivity contribution in [2.45, 2.75) is 26.7 Å². The molecule has 1 rings (SSSR count). The third-order valence-electron chi connectivity index (χ3n) is 2.49. The molecule has 19 heavy (non-hydrogen) atoms. The summed E-state index contributed by atoms with van der Waals surface area (Å²) < 4.78 is 0.756. The summed E-state index contributed by atoms with van der Waals surface area (Å²) in [6, 6.07) is 0. The molecule has 6 nitrogen and oxygen atoms in total. The first-order chi connectivity index (χ1) is 9.08. The SMILES string of the molecule is CCCCN(CC(N)=O)c1nc(NCC)ncc1Br. The van der Waals surface area contributed by atoms with Gasteiger partial charge in [-0.3, -0.25) is 4.79 Å². The topological polar surface area (TPSA) is 84.1 Å². The highest BCUT2D eigenvalue weighted by atomic mass is 79.9. The molecule has 3 N–H and O–H groups in total. The average Bonchev–Trinajstić information content (AvgIpc) is 2.37. The molecule has 7 heteroatoms. The summed E-state index contributed by atoms with van der Waals surface area (Å²) in [6.45, 7) is 5.71. The highest BCUT2D eigenvalue weighted by molar-refractivity contribution is 9.10. The van der Waals surface area contributed by atoms with E-state index in [0.717, 1.165) is 30.4 Å². The summed E-state index contributed by atoms with van der Waals surface area (Å²) in [6.07, 6.45) is 3.69. The van der Waals surface area contributed by atoms with Gasteiger partial charge in [0.15, 0.2) is 0 Å². The fourth-order valence-electron chi connectivity index (χ4n) is 1.62. The van der Waals surface area contributed by atoms with Gasteiger partial charge in [0.1, 0.15) is 5.82 Å². The quantitative estimate of drug-likeness (QED) is 0.759. The fourth-order valence-corrected chi connectivity index (χ4v) is 2.06. The van der Waals surface area contributed by atoms with Crippen LogP contribution in [0, 0.1) is 0 Å². The Morgan fingerprint density at radius 3 is 2.84 bits per heavy atom. The number of halogens is 1. The summed E-state index contributed by atoms with van der Waals surface area (Å²) in [5.41, 5.74) is 5.29. The number of primary amides is 1. The lowest BCUT2D eigenvalue weighted by atomic mass is 10.3. The number of unbranched alkanes of at least 4 members (excludes halogenated alkanes) is 1. The normalized spacial score (nSPS) is 10.3. The molecule has 0 aromatic carbocycles. The van der Waals surface area contributed by atoms with E-state index < -0.39 is 0 Å². The summed E-state index contributed by atoms with van der Waals surface area (Å²) >= 11 is 3.42. The third kappa shape index (κ3) is 5.02. The van der Waals surface area contributed by atoms with Crippen molar-refractivity contribution < 1.29 is 4.79 Å². The number of anilines is 2. The van der Waals surface area contributed by atoms with Crippen molar-refractivity contribution in [3.05, 3.63) is 10.7 Å². The fraction of sp³-hybridized carbons (Fsp3) is 0.583. The summed E-state index contributed by atoms with van der Waals surface area (Å²) in [5.74, 6) is 0.872. The Morgan fingerprint density at radius 1 is 1.53 bits per heavy atom. The van der Waals surface area contributed by atoms with Gasteiger partial charge in [0.05, 0.1) is 11.0 Å². The number of carbonyl (C=O) groups is 1. The average molecular weight is 330 g/mol. The predicted molar refractivity (Wildman–Crippen MR) is 80.2 cm³/mol. The van der Waals surface area contributed by atoms with Gasteiger partial charge in [-0.15, -0.1) is 0 Å². The van der Waals surface area contributed by atoms with Crippen molar-refractivity contribution in [3.8, 4) is 0 Å². The molecule has 0 bridgehead atoms. The highest BCUT2D eigenvalue weighted by Gasteiger charge is 2.15. The van der Waals surface area contributed by atoms with Gasteiger partial charge in [0.2, 0.25) is 11.9 Å². The van der Waals surface area contributed by atoms with Crippen LogP contribution in [0.1, 0.15) is 26.7 Å². The Labute approximate surface area is 121 Å². The van der Waals surface area contributed by atoms with Crippen LogP contribution >= 0.6 is 15.9 Å². The highest BCUT2D eigenvalue weighted by Crippen LogP contribution is 2.24. The van der Waals surface area contributed by atoms with Crippen LogP contribution in [0.5, 0.6) is 0 Å². The van der Waals surface area contributed by atoms with E-state index in [1.54, 1.807) is 6.20 Å². The Hall–Kier alpha value is -1.37. The van der Waals surface area contributed by atoms with Gasteiger partial charge in [-0.1, -0.05) is 13.3 Å². The Bertz CT molecular complexity index is 427. The molecule has 1 aromatic heterocycles. The standard InChI is InChI=1S/C12H20BrN5O/c1-3-5-6-18(8-10(14)19)11-9(13)7-16-12(17-11)15-4-2/h7H,3-6,8H2,1-2H3,(H2,14,19)(H,15,16,17). The molecule has 0 atom stereocenters. The largest absolute Gasteiger partial charge is 0.368 e. The lowest BCUT2D eigenvalue weighted by molar-refractivity contribution is -0.116. The molecule has 1 aromatic rings. The second-order valence-electron chi connectivity index (χ2n) is 4.14. The molecule has 0 aliphatic rings. The van der Waals surface area contributed by atoms with Gasteiger partial charge < -0.3 is 16.0 Å². The van der Waals surface area contributed by atoms with Crippen molar-refractivity contribution in [1.29, 1.82) is 0 Å². The van der Waals surface area contributed by atoms with E-state index >= 15 is 0 Å². The Kier molecular flexibility index (Phi) is 6.55. The molecule has 0 aliphatic heterocycles. The smallest absolute Gasteiger partial charge is 0.236 e. The van der Waals surface area contributed by atoms with E-state index in [1.807, 2.05) is 11.8 Å². The summed E-state index contributed by atoms with van der Waals surface area (Å²) in [4.78, 5) is 21.6. The number of rotatable bonds is 8. The molecule has 1 amide bonds. The number of carbonyl (C=O) groups excluding carboxylic acids is 1. The number of hydrogen-bond donors (Lipinski definition) is 2. The molecule has 1 heterocycles. The molecule has 106 valence electrons. The van der Waals surface area contributed by atoms with Crippen molar-refractivity contribution in [2.75, 3.05) is 29.9 Å². The van der Waals surface area contributed by atoms with Crippen LogP contribution in [-0.4, -0.2) is 35.5 Å². The second-order valence-corrected chi connectivity index (χ2v) is 4.99. The van der Waals surface area contributed by atoms with Crippen LogP contribution in [0.2, 0.25) is 0 Å². The molecular formula is C12H20BrN5O. The van der Waals surface area contributed by atoms with E-state index in [9.17, 15) is 4.79 Å². The van der Waals surface area contributed by atoms with Crippen LogP contribution in [0.3, 0.4) is 0 Å². The molecule has 0 spiro atoms. The zero-order valence-electron chi connectivity index (χ0n) is 11.3. The minimum absolute atomic E-state index is 0.154. The van der Waals surface area contributed by atoms with Gasteiger partial charge >= 0.3 is 0 Å². The first kappa shape index (κ1) is 15.7. The minimum Gasteiger partial charge on any atom is -0.368 e. The Balaban J connectivity index is 2.97. The first-order valence-corrected chi connectivity index (χ1v) is 7.17. The number of nitrogens with two attached hydrogens (primary N) is 1. The number of aromatic nitrogens is 2. The van der Waals surface area contributed by atoms with Crippen molar-refractivity contribution >= 4 is 33.6 Å². The number of nitrogens with one attached hydrogen (secondary N) is 1. The number of nitrogens with zero attached hydrogens (tertiary/aromatic N) is 3. The van der Waals surface area contributed by atoms with Gasteiger partial charge in [-0.2, -0.15) is 4.98 Å². The number of amides is 1. The van der Waals surface area contributed by atoms with Crippen LogP contribution in [-0.2, 0) is 4.79 Å². The lowest BCUT2D eigenvalue weighted by Crippen LogP contribution is -2.35. The van der Waals surface area contributed by atoms with Crippen molar-refractivity contribution in [1.82, 2.24) is 9.97 Å². The van der Waals surface area contributed by atoms with Gasteiger partial charge in [0, 0.05) is 19.3 Å². The zero-order valence-corrected chi connectivity index (χ0v) is 12.9. The molecular weight excluding hydrogens is 310 g/mol. The molecule has 0 radical (unpaired) electrons. The van der Waals surface area contributed by atoms with Crippen molar-refractivity contribution in [2.24, 2.45) is 5.73 Å². The van der Waals surface area contributed by atoms with E-state index in [-0.39, 0.29) is 12.5 Å². The van der Waals surface area contributed by atoms with Crippen LogP contribution in [0.4, 0.5) is 11.8 Å². The number of hydrogen-bond acceptors (Lipinski definition) is 5. The first-order valence-electron chi connectivity index (χ1n) is 6.38. The minimum atomic E-state index is -0.369. The lowest BCUT2D eigenvalue weighted by Gasteiger charge is -2.23. The maximum Gasteiger partial charge on any atom is 0.236 e. The third-order valence-corrected chi connectivity index (χ3v) is 3.05. The van der Waals surface area contributed by atoms with Crippen molar-refractivity contribution in [3.63, 3.8) is 0 Å². The van der Waals surface area contributed by atoms with Gasteiger partial charge in [0.25, 0.3) is 0 Å². The predicted octanol–water partition coefficient (Wildman–Crippen LogP) is 1.76. The van der Waals surface area contributed by atoms with Crippen LogP contribution in [0.15, 0.2) is 10.7 Å². The van der Waals surface area contributed by atoms with E-state index in [2.05, 4.69) is 38.1 Å². The molecule has 0 unspecified atom stereocenters. The maximum atomic E-state index is 11.2. The van der Waals surface area contributed by atoms with Crippen LogP contribution < -0.4 is 16.0 Å². The van der Waals surface area contributed by atoms with Crippen LogP contribution in [0.25, 0.3) is 0 Å². The summed E-state index contributed by atoms with van der Waals surface area (Å²) in [5, 5.41) is 3.05. The zero-order chi connectivity index (χ0) is 14.3. The second kappa shape index (κ2) is 7.93. The molecule has 0 saturated carbocycles. The Morgan fingerprint density at radius 2 is 2.26 bits per heavy atom. The monoisotopic (exact) mass is 329 g/mol. The van der Waals surface area contributed by atoms with E-state index in [4.69, 9.17) is 5.73 Å². The molecule has 0 aliphatic carbocycles.